The zero-order valence-electron chi connectivity index (χ0n) is 12.3. The number of carboxylic acid groups (broad SMARTS) is 1. The van der Waals surface area contributed by atoms with E-state index in [0.29, 0.717) is 0 Å². The van der Waals surface area contributed by atoms with Crippen LogP contribution in [0.2, 0.25) is 0 Å². The molecular formula is C14H26N2O3. The number of carboxylic acids is 1. The van der Waals surface area contributed by atoms with Gasteiger partial charge < -0.3 is 15.7 Å². The van der Waals surface area contributed by atoms with Crippen molar-refractivity contribution in [2.75, 3.05) is 0 Å². The standard InChI is InChI=1S/C14H26N2O3/c1-9(2)11(12(17)18)16-13(19)15-10-6-5-7-14(3,4)8-10/h9-11H,5-8H2,1-4H3,(H,17,18)(H2,15,16,19)/t10?,11-/m1/s1. The van der Waals surface area contributed by atoms with Crippen LogP contribution in [-0.4, -0.2) is 29.2 Å². The average Bonchev–Trinajstić information content (AvgIpc) is 2.23. The van der Waals surface area contributed by atoms with Crippen LogP contribution in [0.1, 0.15) is 53.4 Å². The largest absolute Gasteiger partial charge is 0.480 e. The summed E-state index contributed by atoms with van der Waals surface area (Å²) >= 11 is 0. The molecule has 0 aromatic carbocycles. The van der Waals surface area contributed by atoms with Gasteiger partial charge in [0.05, 0.1) is 0 Å². The molecule has 3 N–H and O–H groups in total. The van der Waals surface area contributed by atoms with E-state index >= 15 is 0 Å². The van der Waals surface area contributed by atoms with E-state index in [9.17, 15) is 9.59 Å². The summed E-state index contributed by atoms with van der Waals surface area (Å²) in [5.41, 5.74) is 0.250. The molecule has 0 spiro atoms. The normalized spacial score (nSPS) is 23.7. The van der Waals surface area contributed by atoms with E-state index in [2.05, 4.69) is 24.5 Å². The van der Waals surface area contributed by atoms with Crippen molar-refractivity contribution in [2.45, 2.75) is 65.5 Å². The molecule has 1 unspecified atom stereocenters. The molecule has 0 aromatic rings. The van der Waals surface area contributed by atoms with Crippen LogP contribution in [0.4, 0.5) is 4.79 Å². The number of carbonyl (C=O) groups excluding carboxylic acids is 1. The number of urea groups is 1. The number of carbonyl (C=O) groups is 2. The van der Waals surface area contributed by atoms with Crippen molar-refractivity contribution in [3.63, 3.8) is 0 Å². The van der Waals surface area contributed by atoms with Gasteiger partial charge in [0.25, 0.3) is 0 Å². The van der Waals surface area contributed by atoms with Gasteiger partial charge in [-0.2, -0.15) is 0 Å². The number of rotatable bonds is 4. The fourth-order valence-corrected chi connectivity index (χ4v) is 2.70. The number of hydrogen-bond acceptors (Lipinski definition) is 2. The minimum Gasteiger partial charge on any atom is -0.480 e. The molecule has 0 aromatic heterocycles. The molecule has 1 saturated carbocycles. The fraction of sp³-hybridized carbons (Fsp3) is 0.857. The lowest BCUT2D eigenvalue weighted by Gasteiger charge is -2.35. The monoisotopic (exact) mass is 270 g/mol. The van der Waals surface area contributed by atoms with Crippen molar-refractivity contribution in [1.82, 2.24) is 10.6 Å². The molecule has 0 aliphatic heterocycles. The second kappa shape index (κ2) is 6.26. The molecule has 0 radical (unpaired) electrons. The van der Waals surface area contributed by atoms with Crippen LogP contribution in [0.5, 0.6) is 0 Å². The fourth-order valence-electron chi connectivity index (χ4n) is 2.70. The summed E-state index contributed by atoms with van der Waals surface area (Å²) in [7, 11) is 0. The number of nitrogens with one attached hydrogen (secondary N) is 2. The molecule has 1 aliphatic carbocycles. The van der Waals surface area contributed by atoms with Gasteiger partial charge in [0.1, 0.15) is 6.04 Å². The molecule has 1 fully saturated rings. The van der Waals surface area contributed by atoms with Crippen molar-refractivity contribution < 1.29 is 14.7 Å². The summed E-state index contributed by atoms with van der Waals surface area (Å²) in [6.07, 6.45) is 4.19. The molecule has 19 heavy (non-hydrogen) atoms. The Bertz CT molecular complexity index is 340. The van der Waals surface area contributed by atoms with Gasteiger partial charge in [0.15, 0.2) is 0 Å². The van der Waals surface area contributed by atoms with Crippen molar-refractivity contribution in [3.05, 3.63) is 0 Å². The van der Waals surface area contributed by atoms with Crippen LogP contribution in [-0.2, 0) is 4.79 Å². The molecule has 2 amide bonds. The van der Waals surface area contributed by atoms with E-state index < -0.39 is 12.0 Å². The molecule has 5 nitrogen and oxygen atoms in total. The summed E-state index contributed by atoms with van der Waals surface area (Å²) in [5, 5.41) is 14.5. The second-order valence-electron chi connectivity index (χ2n) is 6.64. The van der Waals surface area contributed by atoms with Gasteiger partial charge in [-0.15, -0.1) is 0 Å². The van der Waals surface area contributed by atoms with Crippen molar-refractivity contribution in [3.8, 4) is 0 Å². The zero-order valence-corrected chi connectivity index (χ0v) is 12.3. The highest BCUT2D eigenvalue weighted by molar-refractivity contribution is 5.82. The quantitative estimate of drug-likeness (QED) is 0.733. The lowest BCUT2D eigenvalue weighted by atomic mass is 9.75. The third-order valence-electron chi connectivity index (χ3n) is 3.76. The SMILES string of the molecule is CC(C)[C@@H](NC(=O)NC1CCCC(C)(C)C1)C(=O)O. The van der Waals surface area contributed by atoms with Crippen LogP contribution >= 0.6 is 0 Å². The van der Waals surface area contributed by atoms with Gasteiger partial charge in [-0.05, 0) is 30.6 Å². The summed E-state index contributed by atoms with van der Waals surface area (Å²) in [4.78, 5) is 22.9. The Hall–Kier alpha value is -1.26. The average molecular weight is 270 g/mol. The molecule has 1 rings (SSSR count). The third kappa shape index (κ3) is 5.09. The predicted octanol–water partition coefficient (Wildman–Crippen LogP) is 2.36. The Morgan fingerprint density at radius 1 is 1.32 bits per heavy atom. The Kier molecular flexibility index (Phi) is 5.20. The van der Waals surface area contributed by atoms with Gasteiger partial charge in [0, 0.05) is 6.04 Å². The molecule has 1 aliphatic rings. The molecule has 0 bridgehead atoms. The Labute approximate surface area is 115 Å². The highest BCUT2D eigenvalue weighted by Crippen LogP contribution is 2.34. The number of hydrogen-bond donors (Lipinski definition) is 3. The van der Waals surface area contributed by atoms with E-state index in [1.54, 1.807) is 13.8 Å². The smallest absolute Gasteiger partial charge is 0.326 e. The first kappa shape index (κ1) is 15.8. The van der Waals surface area contributed by atoms with Gasteiger partial charge in [-0.3, -0.25) is 0 Å². The van der Waals surface area contributed by atoms with E-state index in [1.807, 2.05) is 0 Å². The van der Waals surface area contributed by atoms with Gasteiger partial charge >= 0.3 is 12.0 Å². The number of amides is 2. The first-order chi connectivity index (χ1) is 8.71. The van der Waals surface area contributed by atoms with Crippen molar-refractivity contribution >= 4 is 12.0 Å². The van der Waals surface area contributed by atoms with E-state index in [-0.39, 0.29) is 23.4 Å². The Morgan fingerprint density at radius 3 is 2.42 bits per heavy atom. The Balaban J connectivity index is 2.48. The minimum atomic E-state index is -0.992. The summed E-state index contributed by atoms with van der Waals surface area (Å²) in [5.74, 6) is -1.12. The molecule has 0 heterocycles. The van der Waals surface area contributed by atoms with Crippen LogP contribution in [0.15, 0.2) is 0 Å². The van der Waals surface area contributed by atoms with Crippen molar-refractivity contribution in [2.24, 2.45) is 11.3 Å². The predicted molar refractivity (Wildman–Crippen MR) is 74.0 cm³/mol. The second-order valence-corrected chi connectivity index (χ2v) is 6.64. The molecular weight excluding hydrogens is 244 g/mol. The molecule has 2 atom stereocenters. The van der Waals surface area contributed by atoms with E-state index in [0.717, 1.165) is 19.3 Å². The maximum Gasteiger partial charge on any atom is 0.326 e. The maximum absolute atomic E-state index is 11.9. The zero-order chi connectivity index (χ0) is 14.6. The van der Waals surface area contributed by atoms with Crippen LogP contribution in [0.25, 0.3) is 0 Å². The highest BCUT2D eigenvalue weighted by Gasteiger charge is 2.30. The van der Waals surface area contributed by atoms with Crippen LogP contribution in [0.3, 0.4) is 0 Å². The first-order valence-electron chi connectivity index (χ1n) is 7.01. The van der Waals surface area contributed by atoms with Crippen LogP contribution < -0.4 is 10.6 Å². The van der Waals surface area contributed by atoms with Gasteiger partial charge in [-0.1, -0.05) is 34.1 Å². The third-order valence-corrected chi connectivity index (χ3v) is 3.76. The summed E-state index contributed by atoms with van der Waals surface area (Å²) in [6, 6.07) is -1.06. The summed E-state index contributed by atoms with van der Waals surface area (Å²) in [6.45, 7) is 7.96. The van der Waals surface area contributed by atoms with Crippen LogP contribution in [0, 0.1) is 11.3 Å². The summed E-state index contributed by atoms with van der Waals surface area (Å²) < 4.78 is 0. The highest BCUT2D eigenvalue weighted by atomic mass is 16.4. The minimum absolute atomic E-state index is 0.133. The number of aliphatic carboxylic acids is 1. The lowest BCUT2D eigenvalue weighted by Crippen LogP contribution is -2.52. The lowest BCUT2D eigenvalue weighted by molar-refractivity contribution is -0.140. The van der Waals surface area contributed by atoms with Gasteiger partial charge in [0.2, 0.25) is 0 Å². The molecule has 5 heteroatoms. The maximum atomic E-state index is 11.9. The van der Waals surface area contributed by atoms with E-state index in [1.165, 1.54) is 6.42 Å². The van der Waals surface area contributed by atoms with Gasteiger partial charge in [-0.25, -0.2) is 9.59 Å². The Morgan fingerprint density at radius 2 is 1.95 bits per heavy atom. The molecule has 0 saturated heterocycles. The first-order valence-corrected chi connectivity index (χ1v) is 7.01. The van der Waals surface area contributed by atoms with E-state index in [4.69, 9.17) is 5.11 Å². The molecule has 110 valence electrons. The van der Waals surface area contributed by atoms with Crippen molar-refractivity contribution in [1.29, 1.82) is 0 Å². The topological polar surface area (TPSA) is 78.4 Å².